The van der Waals surface area contributed by atoms with Gasteiger partial charge in [-0.25, -0.2) is 9.78 Å². The van der Waals surface area contributed by atoms with Crippen LogP contribution in [0.4, 0.5) is 5.82 Å². The topological polar surface area (TPSA) is 42.4 Å². The summed E-state index contributed by atoms with van der Waals surface area (Å²) in [6.07, 6.45) is 4.05. The van der Waals surface area contributed by atoms with Crippen molar-refractivity contribution in [3.8, 4) is 0 Å². The Morgan fingerprint density at radius 1 is 1.50 bits per heavy atom. The number of ether oxygens (including phenoxy) is 1. The van der Waals surface area contributed by atoms with Crippen molar-refractivity contribution in [3.05, 3.63) is 46.3 Å². The lowest BCUT2D eigenvalue weighted by molar-refractivity contribution is 0.0600. The normalized spacial score (nSPS) is 14.1. The third kappa shape index (κ3) is 2.82. The first-order valence-corrected chi connectivity index (χ1v) is 7.49. The van der Waals surface area contributed by atoms with Gasteiger partial charge in [0.05, 0.1) is 19.2 Å². The van der Waals surface area contributed by atoms with Crippen LogP contribution in [-0.2, 0) is 11.3 Å². The number of rotatable bonds is 5. The van der Waals surface area contributed by atoms with Crippen LogP contribution in [0, 0.1) is 0 Å². The van der Waals surface area contributed by atoms with Gasteiger partial charge in [-0.05, 0) is 36.4 Å². The molecule has 20 heavy (non-hydrogen) atoms. The van der Waals surface area contributed by atoms with Crippen molar-refractivity contribution in [2.24, 2.45) is 0 Å². The van der Waals surface area contributed by atoms with Gasteiger partial charge < -0.3 is 9.64 Å². The van der Waals surface area contributed by atoms with Crippen molar-refractivity contribution >= 4 is 23.1 Å². The first-order chi connectivity index (χ1) is 9.78. The minimum absolute atomic E-state index is 0.319. The standard InChI is InChI=1S/C15H16N2O2S/c1-19-15(18)11-6-7-16-14(9-11)17(12-4-5-12)10-13-3-2-8-20-13/h2-3,6-9,12H,4-5,10H2,1H3. The number of carbonyl (C=O) groups excluding carboxylic acids is 1. The number of esters is 1. The summed E-state index contributed by atoms with van der Waals surface area (Å²) in [7, 11) is 1.40. The number of carbonyl (C=O) groups is 1. The molecule has 0 atom stereocenters. The molecule has 4 nitrogen and oxygen atoms in total. The van der Waals surface area contributed by atoms with E-state index in [0.717, 1.165) is 12.4 Å². The second-order valence-electron chi connectivity index (χ2n) is 4.83. The van der Waals surface area contributed by atoms with Gasteiger partial charge in [-0.2, -0.15) is 0 Å². The second kappa shape index (κ2) is 5.63. The monoisotopic (exact) mass is 288 g/mol. The Hall–Kier alpha value is -1.88. The van der Waals surface area contributed by atoms with Gasteiger partial charge in [-0.15, -0.1) is 11.3 Å². The first kappa shape index (κ1) is 13.1. The molecule has 0 aliphatic heterocycles. The third-order valence-electron chi connectivity index (χ3n) is 3.35. The van der Waals surface area contributed by atoms with E-state index < -0.39 is 0 Å². The van der Waals surface area contributed by atoms with Crippen LogP contribution in [-0.4, -0.2) is 24.1 Å². The van der Waals surface area contributed by atoms with E-state index >= 15 is 0 Å². The molecule has 1 aliphatic carbocycles. The van der Waals surface area contributed by atoms with Gasteiger partial charge in [0.25, 0.3) is 0 Å². The number of hydrogen-bond acceptors (Lipinski definition) is 5. The molecule has 1 aliphatic rings. The number of methoxy groups -OCH3 is 1. The van der Waals surface area contributed by atoms with Crippen molar-refractivity contribution in [2.45, 2.75) is 25.4 Å². The van der Waals surface area contributed by atoms with Crippen LogP contribution in [0.25, 0.3) is 0 Å². The summed E-state index contributed by atoms with van der Waals surface area (Å²) in [6, 6.07) is 8.23. The molecule has 0 N–H and O–H groups in total. The number of pyridine rings is 1. The Bertz CT molecular complexity index is 594. The molecular formula is C15H16N2O2S. The van der Waals surface area contributed by atoms with E-state index in [-0.39, 0.29) is 5.97 Å². The van der Waals surface area contributed by atoms with Crippen LogP contribution in [0.1, 0.15) is 28.1 Å². The van der Waals surface area contributed by atoms with Crippen LogP contribution in [0.3, 0.4) is 0 Å². The van der Waals surface area contributed by atoms with E-state index in [1.54, 1.807) is 23.6 Å². The highest BCUT2D eigenvalue weighted by molar-refractivity contribution is 7.09. The smallest absolute Gasteiger partial charge is 0.338 e. The molecule has 5 heteroatoms. The molecule has 0 amide bonds. The Morgan fingerprint density at radius 2 is 2.35 bits per heavy atom. The van der Waals surface area contributed by atoms with Crippen LogP contribution >= 0.6 is 11.3 Å². The molecule has 0 saturated heterocycles. The summed E-state index contributed by atoms with van der Waals surface area (Å²) in [5.41, 5.74) is 0.550. The molecule has 2 heterocycles. The second-order valence-corrected chi connectivity index (χ2v) is 5.86. The summed E-state index contributed by atoms with van der Waals surface area (Å²) >= 11 is 1.75. The molecule has 3 rings (SSSR count). The number of hydrogen-bond donors (Lipinski definition) is 0. The summed E-state index contributed by atoms with van der Waals surface area (Å²) in [5.74, 6) is 0.532. The minimum Gasteiger partial charge on any atom is -0.465 e. The molecule has 2 aromatic rings. The lowest BCUT2D eigenvalue weighted by Crippen LogP contribution is -2.25. The summed E-state index contributed by atoms with van der Waals surface area (Å²) in [4.78, 5) is 19.6. The highest BCUT2D eigenvalue weighted by Crippen LogP contribution is 2.33. The minimum atomic E-state index is -0.319. The van der Waals surface area contributed by atoms with Crippen LogP contribution in [0.2, 0.25) is 0 Å². The van der Waals surface area contributed by atoms with Gasteiger partial charge in [0.15, 0.2) is 0 Å². The van der Waals surface area contributed by atoms with Crippen molar-refractivity contribution in [1.82, 2.24) is 4.98 Å². The van der Waals surface area contributed by atoms with Gasteiger partial charge in [0.1, 0.15) is 5.82 Å². The number of thiophene rings is 1. The lowest BCUT2D eigenvalue weighted by Gasteiger charge is -2.23. The Labute approximate surface area is 122 Å². The fraction of sp³-hybridized carbons (Fsp3) is 0.333. The van der Waals surface area contributed by atoms with Gasteiger partial charge in [0.2, 0.25) is 0 Å². The van der Waals surface area contributed by atoms with E-state index in [9.17, 15) is 4.79 Å². The molecule has 1 saturated carbocycles. The summed E-state index contributed by atoms with van der Waals surface area (Å²) < 4.78 is 4.77. The molecule has 0 bridgehead atoms. The average molecular weight is 288 g/mol. The summed E-state index contributed by atoms with van der Waals surface area (Å²) in [6.45, 7) is 0.847. The van der Waals surface area contributed by atoms with E-state index in [2.05, 4.69) is 27.4 Å². The van der Waals surface area contributed by atoms with Gasteiger partial charge in [0, 0.05) is 17.1 Å². The quantitative estimate of drug-likeness (QED) is 0.793. The first-order valence-electron chi connectivity index (χ1n) is 6.61. The highest BCUT2D eigenvalue weighted by atomic mass is 32.1. The van der Waals surface area contributed by atoms with Crippen molar-refractivity contribution in [3.63, 3.8) is 0 Å². The van der Waals surface area contributed by atoms with Crippen LogP contribution in [0.15, 0.2) is 35.8 Å². The molecule has 0 spiro atoms. The molecule has 2 aromatic heterocycles. The zero-order chi connectivity index (χ0) is 13.9. The van der Waals surface area contributed by atoms with Crippen molar-refractivity contribution in [1.29, 1.82) is 0 Å². The number of nitrogens with zero attached hydrogens (tertiary/aromatic N) is 2. The molecule has 0 aromatic carbocycles. The van der Waals surface area contributed by atoms with E-state index in [1.165, 1.54) is 24.8 Å². The fourth-order valence-electron chi connectivity index (χ4n) is 2.17. The maximum Gasteiger partial charge on any atom is 0.338 e. The largest absolute Gasteiger partial charge is 0.465 e. The zero-order valence-electron chi connectivity index (χ0n) is 11.3. The maximum absolute atomic E-state index is 11.6. The predicted molar refractivity (Wildman–Crippen MR) is 79.1 cm³/mol. The molecule has 104 valence electrons. The van der Waals surface area contributed by atoms with Gasteiger partial charge >= 0.3 is 5.97 Å². The third-order valence-corrected chi connectivity index (χ3v) is 4.22. The van der Waals surface area contributed by atoms with E-state index in [1.807, 2.05) is 6.07 Å². The molecule has 0 radical (unpaired) electrons. The van der Waals surface area contributed by atoms with Crippen molar-refractivity contribution in [2.75, 3.05) is 12.0 Å². The van der Waals surface area contributed by atoms with Crippen LogP contribution in [0.5, 0.6) is 0 Å². The molecular weight excluding hydrogens is 272 g/mol. The number of anilines is 1. The Morgan fingerprint density at radius 3 is 3.00 bits per heavy atom. The van der Waals surface area contributed by atoms with E-state index in [0.29, 0.717) is 11.6 Å². The Kier molecular flexibility index (Phi) is 3.69. The average Bonchev–Trinajstić information content (AvgIpc) is 3.20. The summed E-state index contributed by atoms with van der Waals surface area (Å²) in [5, 5.41) is 2.08. The number of aromatic nitrogens is 1. The lowest BCUT2D eigenvalue weighted by atomic mass is 10.2. The maximum atomic E-state index is 11.6. The predicted octanol–water partition coefficient (Wildman–Crippen LogP) is 3.10. The fourth-order valence-corrected chi connectivity index (χ4v) is 2.88. The SMILES string of the molecule is COC(=O)c1ccnc(N(Cc2cccs2)C2CC2)c1. The molecule has 1 fully saturated rings. The van der Waals surface area contributed by atoms with Gasteiger partial charge in [-0.3, -0.25) is 0 Å². The van der Waals surface area contributed by atoms with Crippen LogP contribution < -0.4 is 4.90 Å². The van der Waals surface area contributed by atoms with Crippen molar-refractivity contribution < 1.29 is 9.53 Å². The van der Waals surface area contributed by atoms with E-state index in [4.69, 9.17) is 4.74 Å². The molecule has 0 unspecified atom stereocenters. The zero-order valence-corrected chi connectivity index (χ0v) is 12.1. The van der Waals surface area contributed by atoms with Gasteiger partial charge in [-0.1, -0.05) is 6.07 Å². The Balaban J connectivity index is 1.85. The highest BCUT2D eigenvalue weighted by Gasteiger charge is 2.30.